The van der Waals surface area contributed by atoms with Gasteiger partial charge in [0.15, 0.2) is 18.9 Å². The molecule has 4 heteroatoms. The molecule has 0 atom stereocenters. The van der Waals surface area contributed by atoms with E-state index >= 15 is 0 Å². The molecule has 19 heavy (non-hydrogen) atoms. The van der Waals surface area contributed by atoms with Gasteiger partial charge in [0.05, 0.1) is 19.8 Å². The topological polar surface area (TPSA) is 39.4 Å². The lowest BCUT2D eigenvalue weighted by molar-refractivity contribution is -0.688. The van der Waals surface area contributed by atoms with E-state index in [0.717, 1.165) is 17.9 Å². The van der Waals surface area contributed by atoms with E-state index in [-0.39, 0.29) is 5.97 Å². The Labute approximate surface area is 112 Å². The normalized spacial score (nSPS) is 10.0. The first kappa shape index (κ1) is 13.1. The van der Waals surface area contributed by atoms with Crippen molar-refractivity contribution < 1.29 is 18.8 Å². The van der Waals surface area contributed by atoms with E-state index in [4.69, 9.17) is 4.74 Å². The number of rotatable bonds is 4. The quantitative estimate of drug-likeness (QED) is 0.620. The maximum Gasteiger partial charge on any atom is 0.338 e. The van der Waals surface area contributed by atoms with Crippen LogP contribution in [0.25, 0.3) is 0 Å². The van der Waals surface area contributed by atoms with E-state index in [9.17, 15) is 4.79 Å². The average molecular weight is 258 g/mol. The summed E-state index contributed by atoms with van der Waals surface area (Å²) in [6, 6.07) is 11.4. The Bertz CT molecular complexity index is 547. The number of benzene rings is 1. The number of carbonyl (C=O) groups is 1. The number of esters is 1. The van der Waals surface area contributed by atoms with Crippen molar-refractivity contribution in [1.82, 2.24) is 0 Å². The van der Waals surface area contributed by atoms with Crippen LogP contribution in [0.1, 0.15) is 15.9 Å². The molecule has 1 aromatic heterocycles. The number of methoxy groups -OCH3 is 2. The van der Waals surface area contributed by atoms with Gasteiger partial charge in [-0.15, -0.1) is 0 Å². The zero-order valence-electron chi connectivity index (χ0n) is 11.0. The van der Waals surface area contributed by atoms with E-state index in [1.54, 1.807) is 19.2 Å². The number of carbonyl (C=O) groups excluding carboxylic acids is 1. The van der Waals surface area contributed by atoms with Gasteiger partial charge in [0.2, 0.25) is 0 Å². The number of aromatic nitrogens is 1. The van der Waals surface area contributed by atoms with Crippen molar-refractivity contribution in [1.29, 1.82) is 0 Å². The molecule has 4 nitrogen and oxygen atoms in total. The number of ether oxygens (including phenoxy) is 2. The van der Waals surface area contributed by atoms with Crippen molar-refractivity contribution >= 4 is 5.97 Å². The second-order valence-electron chi connectivity index (χ2n) is 4.10. The molecule has 0 saturated carbocycles. The van der Waals surface area contributed by atoms with Crippen molar-refractivity contribution in [3.05, 3.63) is 59.9 Å². The first-order valence-corrected chi connectivity index (χ1v) is 5.93. The summed E-state index contributed by atoms with van der Waals surface area (Å²) in [6.07, 6.45) is 3.72. The highest BCUT2D eigenvalue weighted by atomic mass is 16.5. The maximum absolute atomic E-state index is 11.3. The van der Waals surface area contributed by atoms with Gasteiger partial charge < -0.3 is 9.47 Å². The van der Waals surface area contributed by atoms with Gasteiger partial charge in [-0.2, -0.15) is 0 Å². The summed E-state index contributed by atoms with van der Waals surface area (Å²) in [6.45, 7) is 0.742. The van der Waals surface area contributed by atoms with Crippen LogP contribution in [0.2, 0.25) is 0 Å². The molecule has 0 bridgehead atoms. The summed E-state index contributed by atoms with van der Waals surface area (Å²) in [7, 11) is 3.02. The Morgan fingerprint density at radius 3 is 2.21 bits per heavy atom. The van der Waals surface area contributed by atoms with Gasteiger partial charge >= 0.3 is 5.97 Å². The van der Waals surface area contributed by atoms with Crippen LogP contribution in [0.15, 0.2) is 48.8 Å². The highest BCUT2D eigenvalue weighted by molar-refractivity contribution is 5.88. The second-order valence-corrected chi connectivity index (χ2v) is 4.10. The van der Waals surface area contributed by atoms with Crippen molar-refractivity contribution in [3.63, 3.8) is 0 Å². The summed E-state index contributed by atoms with van der Waals surface area (Å²) in [5, 5.41) is 0. The molecule has 0 aliphatic heterocycles. The van der Waals surface area contributed by atoms with Crippen LogP contribution in [0.3, 0.4) is 0 Å². The van der Waals surface area contributed by atoms with Gasteiger partial charge in [0, 0.05) is 17.7 Å². The van der Waals surface area contributed by atoms with Gasteiger partial charge in [0.1, 0.15) is 5.75 Å². The summed E-state index contributed by atoms with van der Waals surface area (Å²) in [5.74, 6) is 0.520. The Morgan fingerprint density at radius 2 is 1.68 bits per heavy atom. The lowest BCUT2D eigenvalue weighted by Crippen LogP contribution is -2.33. The first-order chi connectivity index (χ1) is 9.22. The van der Waals surface area contributed by atoms with Crippen molar-refractivity contribution in [2.24, 2.45) is 0 Å². The van der Waals surface area contributed by atoms with E-state index in [2.05, 4.69) is 4.74 Å². The van der Waals surface area contributed by atoms with Crippen LogP contribution in [-0.4, -0.2) is 20.2 Å². The molecule has 0 spiro atoms. The zero-order valence-corrected chi connectivity index (χ0v) is 11.0. The van der Waals surface area contributed by atoms with E-state index < -0.39 is 0 Å². The minimum Gasteiger partial charge on any atom is -0.497 e. The van der Waals surface area contributed by atoms with Gasteiger partial charge in [-0.3, -0.25) is 0 Å². The maximum atomic E-state index is 11.3. The molecule has 0 aliphatic rings. The van der Waals surface area contributed by atoms with Crippen LogP contribution in [0.4, 0.5) is 0 Å². The number of hydrogen-bond acceptors (Lipinski definition) is 3. The van der Waals surface area contributed by atoms with Crippen molar-refractivity contribution in [2.45, 2.75) is 6.54 Å². The van der Waals surface area contributed by atoms with Crippen molar-refractivity contribution in [3.8, 4) is 5.75 Å². The SMILES string of the molecule is COC(=O)c1cc[n+](Cc2ccc(OC)cc2)cc1. The molecule has 0 saturated heterocycles. The molecule has 0 N–H and O–H groups in total. The predicted molar refractivity (Wildman–Crippen MR) is 70.1 cm³/mol. The molecule has 2 aromatic rings. The third-order valence-electron chi connectivity index (χ3n) is 2.84. The van der Waals surface area contributed by atoms with E-state index in [1.807, 2.05) is 41.2 Å². The summed E-state index contributed by atoms with van der Waals surface area (Å²) >= 11 is 0. The van der Waals surface area contributed by atoms with E-state index in [1.165, 1.54) is 7.11 Å². The van der Waals surface area contributed by atoms with Crippen LogP contribution in [0, 0.1) is 0 Å². The fourth-order valence-corrected chi connectivity index (χ4v) is 1.76. The van der Waals surface area contributed by atoms with Crippen molar-refractivity contribution in [2.75, 3.05) is 14.2 Å². The Balaban J connectivity index is 2.08. The second kappa shape index (κ2) is 6.00. The van der Waals surface area contributed by atoms with Crippen LogP contribution in [-0.2, 0) is 11.3 Å². The fraction of sp³-hybridized carbons (Fsp3) is 0.200. The lowest BCUT2D eigenvalue weighted by atomic mass is 10.2. The molecule has 0 amide bonds. The molecular weight excluding hydrogens is 242 g/mol. The molecule has 0 unspecified atom stereocenters. The smallest absolute Gasteiger partial charge is 0.338 e. The third-order valence-corrected chi connectivity index (χ3v) is 2.84. The predicted octanol–water partition coefficient (Wildman–Crippen LogP) is 1.82. The highest BCUT2D eigenvalue weighted by Gasteiger charge is 2.08. The van der Waals surface area contributed by atoms with Crippen LogP contribution in [0.5, 0.6) is 5.75 Å². The molecule has 0 fully saturated rings. The third kappa shape index (κ3) is 3.31. The van der Waals surface area contributed by atoms with Gasteiger partial charge in [-0.1, -0.05) is 0 Å². The zero-order chi connectivity index (χ0) is 13.7. The van der Waals surface area contributed by atoms with Gasteiger partial charge in [-0.05, 0) is 24.3 Å². The molecule has 98 valence electrons. The highest BCUT2D eigenvalue weighted by Crippen LogP contribution is 2.10. The molecule has 1 aromatic carbocycles. The minimum atomic E-state index is -0.323. The van der Waals surface area contributed by atoms with Crippen LogP contribution < -0.4 is 9.30 Å². The average Bonchev–Trinajstić information content (AvgIpc) is 2.48. The fourth-order valence-electron chi connectivity index (χ4n) is 1.76. The summed E-state index contributed by atoms with van der Waals surface area (Å²) < 4.78 is 11.8. The minimum absolute atomic E-state index is 0.323. The molecule has 2 rings (SSSR count). The summed E-state index contributed by atoms with van der Waals surface area (Å²) in [5.41, 5.74) is 1.71. The Kier molecular flexibility index (Phi) is 4.13. The monoisotopic (exact) mass is 258 g/mol. The van der Waals surface area contributed by atoms with Gasteiger partial charge in [-0.25, -0.2) is 9.36 Å². The molecule has 1 heterocycles. The first-order valence-electron chi connectivity index (χ1n) is 5.93. The molecule has 0 radical (unpaired) electrons. The Morgan fingerprint density at radius 1 is 1.05 bits per heavy atom. The molecule has 0 aliphatic carbocycles. The largest absolute Gasteiger partial charge is 0.497 e. The van der Waals surface area contributed by atoms with Crippen LogP contribution >= 0.6 is 0 Å². The summed E-state index contributed by atoms with van der Waals surface area (Å²) in [4.78, 5) is 11.3. The standard InChI is InChI=1S/C15H16NO3/c1-18-14-5-3-12(4-6-14)11-16-9-7-13(8-10-16)15(17)19-2/h3-10H,11H2,1-2H3/q+1. The Hall–Kier alpha value is -2.36. The van der Waals surface area contributed by atoms with E-state index in [0.29, 0.717) is 5.56 Å². The van der Waals surface area contributed by atoms with Gasteiger partial charge in [0.25, 0.3) is 0 Å². The number of nitrogens with zero attached hydrogens (tertiary/aromatic N) is 1. The lowest BCUT2D eigenvalue weighted by Gasteiger charge is -2.02. The number of pyridine rings is 1. The molecular formula is C15H16NO3+. The number of hydrogen-bond donors (Lipinski definition) is 0.